The van der Waals surface area contributed by atoms with Gasteiger partial charge < -0.3 is 10.1 Å². The summed E-state index contributed by atoms with van der Waals surface area (Å²) in [4.78, 5) is 41.4. The zero-order chi connectivity index (χ0) is 24.8. The van der Waals surface area contributed by atoms with Crippen molar-refractivity contribution in [2.75, 3.05) is 12.0 Å². The molecule has 0 saturated heterocycles. The first-order valence-electron chi connectivity index (χ1n) is 11.6. The number of halogens is 1. The highest BCUT2D eigenvalue weighted by Gasteiger charge is 2.36. The lowest BCUT2D eigenvalue weighted by atomic mass is 10.0. The van der Waals surface area contributed by atoms with Crippen LogP contribution in [-0.4, -0.2) is 30.9 Å². The lowest BCUT2D eigenvalue weighted by molar-refractivity contribution is -0.127. The zero-order valence-electron chi connectivity index (χ0n) is 19.4. The molecule has 6 nitrogen and oxygen atoms in total. The number of amides is 2. The number of rotatable bonds is 8. The Balaban J connectivity index is 1.78. The van der Waals surface area contributed by atoms with Crippen LogP contribution >= 0.6 is 11.3 Å². The second-order valence-electron chi connectivity index (χ2n) is 8.47. The molecule has 1 aromatic heterocycles. The van der Waals surface area contributed by atoms with Crippen LogP contribution in [0.2, 0.25) is 0 Å². The Bertz CT molecular complexity index is 1170. The molecule has 0 unspecified atom stereocenters. The first kappa shape index (κ1) is 24.6. The number of thiophene rings is 1. The monoisotopic (exact) mass is 494 g/mol. The number of ether oxygens (including phenoxy) is 1. The molecule has 1 heterocycles. The average molecular weight is 495 g/mol. The van der Waals surface area contributed by atoms with E-state index in [-0.39, 0.29) is 23.9 Å². The van der Waals surface area contributed by atoms with Crippen molar-refractivity contribution in [3.63, 3.8) is 0 Å². The minimum absolute atomic E-state index is 0.00674. The summed E-state index contributed by atoms with van der Waals surface area (Å²) >= 11 is 1.44. The molecule has 0 radical (unpaired) electrons. The van der Waals surface area contributed by atoms with Crippen LogP contribution in [0, 0.1) is 5.82 Å². The molecule has 1 aliphatic carbocycles. The van der Waals surface area contributed by atoms with E-state index >= 15 is 4.39 Å². The van der Waals surface area contributed by atoms with Crippen LogP contribution in [0.1, 0.15) is 52.5 Å². The number of carbonyl (C=O) groups excluding carboxylic acids is 3. The highest BCUT2D eigenvalue weighted by molar-refractivity contribution is 7.10. The highest BCUT2D eigenvalue weighted by Crippen LogP contribution is 2.32. The van der Waals surface area contributed by atoms with Gasteiger partial charge in [0.2, 0.25) is 11.8 Å². The first-order chi connectivity index (χ1) is 17.0. The molecular formula is C27H27FN2O4S. The molecule has 1 aliphatic rings. The van der Waals surface area contributed by atoms with Crippen molar-refractivity contribution >= 4 is 34.8 Å². The van der Waals surface area contributed by atoms with Gasteiger partial charge in [-0.25, -0.2) is 9.18 Å². The molecule has 1 saturated carbocycles. The summed E-state index contributed by atoms with van der Waals surface area (Å²) < 4.78 is 19.8. The van der Waals surface area contributed by atoms with Crippen LogP contribution in [0.3, 0.4) is 0 Å². The van der Waals surface area contributed by atoms with E-state index in [1.807, 2.05) is 17.5 Å². The summed E-state index contributed by atoms with van der Waals surface area (Å²) in [6, 6.07) is 14.7. The van der Waals surface area contributed by atoms with E-state index in [4.69, 9.17) is 4.74 Å². The van der Waals surface area contributed by atoms with Gasteiger partial charge in [-0.1, -0.05) is 37.1 Å². The molecule has 3 aromatic rings. The minimum Gasteiger partial charge on any atom is -0.465 e. The van der Waals surface area contributed by atoms with Gasteiger partial charge >= 0.3 is 5.97 Å². The number of methoxy groups -OCH3 is 1. The summed E-state index contributed by atoms with van der Waals surface area (Å²) in [6.07, 6.45) is 3.80. The maximum Gasteiger partial charge on any atom is 0.337 e. The normalized spacial score (nSPS) is 14.3. The van der Waals surface area contributed by atoms with Crippen LogP contribution in [0.15, 0.2) is 66.0 Å². The van der Waals surface area contributed by atoms with Crippen molar-refractivity contribution in [3.8, 4) is 0 Å². The van der Waals surface area contributed by atoms with Gasteiger partial charge in [-0.05, 0) is 54.6 Å². The van der Waals surface area contributed by atoms with Crippen molar-refractivity contribution in [3.05, 3.63) is 87.9 Å². The maximum atomic E-state index is 15.1. The van der Waals surface area contributed by atoms with Crippen molar-refractivity contribution in [2.24, 2.45) is 0 Å². The molecule has 1 N–H and O–H groups in total. The Hall–Kier alpha value is -3.52. The number of esters is 1. The largest absolute Gasteiger partial charge is 0.465 e. The zero-order valence-corrected chi connectivity index (χ0v) is 20.2. The van der Waals surface area contributed by atoms with Gasteiger partial charge in [0, 0.05) is 22.2 Å². The third kappa shape index (κ3) is 5.77. The number of benzene rings is 2. The van der Waals surface area contributed by atoms with Crippen LogP contribution < -0.4 is 10.2 Å². The van der Waals surface area contributed by atoms with E-state index in [9.17, 15) is 14.4 Å². The predicted octanol–water partition coefficient (Wildman–Crippen LogP) is 5.05. The van der Waals surface area contributed by atoms with E-state index in [0.717, 1.165) is 30.6 Å². The fraction of sp³-hybridized carbons (Fsp3) is 0.296. The molecule has 8 heteroatoms. The number of carbonyl (C=O) groups is 3. The number of hydrogen-bond donors (Lipinski definition) is 1. The summed E-state index contributed by atoms with van der Waals surface area (Å²) in [7, 11) is 1.29. The summed E-state index contributed by atoms with van der Waals surface area (Å²) in [6.45, 7) is 0. The van der Waals surface area contributed by atoms with Gasteiger partial charge in [-0.3, -0.25) is 14.5 Å². The number of hydrogen-bond acceptors (Lipinski definition) is 5. The Morgan fingerprint density at radius 3 is 2.40 bits per heavy atom. The van der Waals surface area contributed by atoms with Crippen LogP contribution in [0.5, 0.6) is 0 Å². The fourth-order valence-corrected chi connectivity index (χ4v) is 5.10. The molecule has 1 atom stereocenters. The summed E-state index contributed by atoms with van der Waals surface area (Å²) in [5, 5.41) is 4.91. The fourth-order valence-electron chi connectivity index (χ4n) is 4.41. The van der Waals surface area contributed by atoms with Crippen molar-refractivity contribution < 1.29 is 23.5 Å². The SMILES string of the molecule is COC(=O)c1ccc(N(C(=O)Cc2cccs2)[C@H](C(=O)NC2CCCC2)c2ccccc2F)cc1. The quantitative estimate of drug-likeness (QED) is 0.445. The van der Waals surface area contributed by atoms with E-state index in [1.165, 1.54) is 47.6 Å². The van der Waals surface area contributed by atoms with Crippen molar-refractivity contribution in [1.82, 2.24) is 5.32 Å². The van der Waals surface area contributed by atoms with Gasteiger partial charge in [-0.15, -0.1) is 11.3 Å². The lowest BCUT2D eigenvalue weighted by Crippen LogP contribution is -2.47. The second-order valence-corrected chi connectivity index (χ2v) is 9.50. The summed E-state index contributed by atoms with van der Waals surface area (Å²) in [5.74, 6) is -1.87. The van der Waals surface area contributed by atoms with E-state index in [1.54, 1.807) is 24.3 Å². The number of anilines is 1. The molecule has 1 fully saturated rings. The Kier molecular flexibility index (Phi) is 7.92. The van der Waals surface area contributed by atoms with Crippen LogP contribution in [0.4, 0.5) is 10.1 Å². The van der Waals surface area contributed by atoms with Crippen molar-refractivity contribution in [1.29, 1.82) is 0 Å². The average Bonchev–Trinajstić information content (AvgIpc) is 3.57. The molecule has 2 aromatic carbocycles. The van der Waals surface area contributed by atoms with E-state index < -0.39 is 23.7 Å². The Morgan fingerprint density at radius 2 is 1.77 bits per heavy atom. The Morgan fingerprint density at radius 1 is 1.06 bits per heavy atom. The smallest absolute Gasteiger partial charge is 0.337 e. The second kappa shape index (κ2) is 11.3. The van der Waals surface area contributed by atoms with Crippen LogP contribution in [-0.2, 0) is 20.7 Å². The molecule has 0 bridgehead atoms. The maximum absolute atomic E-state index is 15.1. The van der Waals surface area contributed by atoms with Gasteiger partial charge in [0.05, 0.1) is 19.1 Å². The van der Waals surface area contributed by atoms with E-state index in [2.05, 4.69) is 5.32 Å². The molecule has 2 amide bonds. The lowest BCUT2D eigenvalue weighted by Gasteiger charge is -2.32. The summed E-state index contributed by atoms with van der Waals surface area (Å²) in [5.41, 5.74) is 0.799. The van der Waals surface area contributed by atoms with Gasteiger partial charge in [0.25, 0.3) is 0 Å². The molecule has 0 spiro atoms. The highest BCUT2D eigenvalue weighted by atomic mass is 32.1. The van der Waals surface area contributed by atoms with Gasteiger partial charge in [0.1, 0.15) is 11.9 Å². The Labute approximate surface area is 207 Å². The molecule has 4 rings (SSSR count). The predicted molar refractivity (Wildman–Crippen MR) is 133 cm³/mol. The van der Waals surface area contributed by atoms with Crippen molar-refractivity contribution in [2.45, 2.75) is 44.2 Å². The molecule has 0 aliphatic heterocycles. The standard InChI is InChI=1S/C27H27FN2O4S/c1-34-27(33)18-12-14-20(15-13-18)30(24(31)17-21-9-6-16-35-21)25(22-10-4-5-11-23(22)28)26(32)29-19-7-2-3-8-19/h4-6,9-16,19,25H,2-3,7-8,17H2,1H3,(H,29,32)/t25-/m0/s1. The third-order valence-corrected chi connectivity index (χ3v) is 7.03. The van der Waals surface area contributed by atoms with Gasteiger partial charge in [0.15, 0.2) is 0 Å². The van der Waals surface area contributed by atoms with Gasteiger partial charge in [-0.2, -0.15) is 0 Å². The van der Waals surface area contributed by atoms with Crippen LogP contribution in [0.25, 0.3) is 0 Å². The topological polar surface area (TPSA) is 75.7 Å². The van der Waals surface area contributed by atoms with E-state index in [0.29, 0.717) is 11.3 Å². The molecular weight excluding hydrogens is 467 g/mol. The number of nitrogens with zero attached hydrogens (tertiary/aromatic N) is 1. The first-order valence-corrected chi connectivity index (χ1v) is 12.4. The third-order valence-electron chi connectivity index (χ3n) is 6.15. The minimum atomic E-state index is -1.21. The molecule has 182 valence electrons. The molecule has 35 heavy (non-hydrogen) atoms. The number of nitrogens with one attached hydrogen (secondary N) is 1.